The number of anilines is 1. The van der Waals surface area contributed by atoms with Crippen LogP contribution in [0.2, 0.25) is 0 Å². The maximum Gasteiger partial charge on any atom is 0.255 e. The summed E-state index contributed by atoms with van der Waals surface area (Å²) >= 11 is 0. The molecule has 1 aliphatic carbocycles. The third-order valence-corrected chi connectivity index (χ3v) is 14.0. The molecule has 286 valence electrons. The lowest BCUT2D eigenvalue weighted by Gasteiger charge is -2.36. The first-order valence-corrected chi connectivity index (χ1v) is 21.4. The molecule has 4 aromatic rings. The Balaban J connectivity index is 0.808. The molecule has 8 rings (SSSR count). The normalized spacial score (nSPS) is 21.7. The fourth-order valence-electron chi connectivity index (χ4n) is 9.15. The first-order chi connectivity index (χ1) is 26.6. The molecule has 3 heterocycles. The van der Waals surface area contributed by atoms with Crippen molar-refractivity contribution in [2.45, 2.75) is 74.3 Å². The summed E-state index contributed by atoms with van der Waals surface area (Å²) in [7, 11) is -3.41. The number of piperidine rings is 1. The second-order valence-electron chi connectivity index (χ2n) is 15.6. The van der Waals surface area contributed by atoms with Gasteiger partial charge in [-0.25, -0.2) is 8.42 Å². The largest absolute Gasteiger partial charge is 0.508 e. The zero-order valence-electron chi connectivity index (χ0n) is 31.3. The average Bonchev–Trinajstić information content (AvgIpc) is 3.52. The van der Waals surface area contributed by atoms with E-state index in [-0.39, 0.29) is 35.2 Å². The fourth-order valence-corrected chi connectivity index (χ4v) is 10.5. The van der Waals surface area contributed by atoms with E-state index in [1.165, 1.54) is 11.1 Å². The molecule has 4 aliphatic rings. The molecule has 0 spiro atoms. The van der Waals surface area contributed by atoms with Gasteiger partial charge in [0.15, 0.2) is 9.84 Å². The zero-order valence-corrected chi connectivity index (χ0v) is 32.1. The number of rotatable bonds is 11. The fraction of sp³-hybridized carbons (Fsp3) is 0.378. The van der Waals surface area contributed by atoms with Gasteiger partial charge in [-0.1, -0.05) is 61.5 Å². The van der Waals surface area contributed by atoms with Gasteiger partial charge in [-0.15, -0.1) is 0 Å². The summed E-state index contributed by atoms with van der Waals surface area (Å²) in [6.45, 7) is 8.87. The second-order valence-corrected chi connectivity index (χ2v) is 17.7. The van der Waals surface area contributed by atoms with Crippen molar-refractivity contribution in [2.75, 3.05) is 43.4 Å². The molecule has 2 amide bonds. The van der Waals surface area contributed by atoms with Crippen LogP contribution in [0.3, 0.4) is 0 Å². The SMILES string of the molecule is C=C1CCC(N2Cc3cc(N4CCN(CCCCCS(=O)(=O)c5ccc([C@@H]6c7ccc(O)cc7CC[C@@H]6c6ccccc6)cc5)CC4)ccc3C2=O)C(=O)N1. The van der Waals surface area contributed by atoms with E-state index >= 15 is 0 Å². The van der Waals surface area contributed by atoms with Crippen molar-refractivity contribution in [3.05, 3.63) is 137 Å². The van der Waals surface area contributed by atoms with Crippen LogP contribution in [-0.2, 0) is 27.6 Å². The minimum Gasteiger partial charge on any atom is -0.508 e. The quantitative estimate of drug-likeness (QED) is 0.163. The van der Waals surface area contributed by atoms with Crippen LogP contribution in [-0.4, -0.2) is 79.7 Å². The molecule has 2 fully saturated rings. The molecule has 2 N–H and O–H groups in total. The van der Waals surface area contributed by atoms with Crippen LogP contribution in [0, 0.1) is 0 Å². The van der Waals surface area contributed by atoms with E-state index in [2.05, 4.69) is 52.0 Å². The Hall–Kier alpha value is -4.93. The number of hydrogen-bond acceptors (Lipinski definition) is 7. The number of unbranched alkanes of at least 4 members (excludes halogenated alkanes) is 2. The lowest BCUT2D eigenvalue weighted by molar-refractivity contribution is -0.126. The number of carbonyl (C=O) groups excluding carboxylic acids is 2. The van der Waals surface area contributed by atoms with Crippen LogP contribution in [0.1, 0.15) is 88.5 Å². The number of phenols is 1. The molecule has 3 atom stereocenters. The van der Waals surface area contributed by atoms with Crippen LogP contribution in [0.15, 0.2) is 108 Å². The molecule has 0 saturated carbocycles. The number of aryl methyl sites for hydroxylation is 1. The summed E-state index contributed by atoms with van der Waals surface area (Å²) in [5, 5.41) is 13.0. The number of aromatic hydroxyl groups is 1. The van der Waals surface area contributed by atoms with Gasteiger partial charge in [-0.2, -0.15) is 0 Å². The third-order valence-electron chi connectivity index (χ3n) is 12.2. The van der Waals surface area contributed by atoms with Gasteiger partial charge in [-0.3, -0.25) is 14.5 Å². The van der Waals surface area contributed by atoms with E-state index < -0.39 is 15.9 Å². The summed E-state index contributed by atoms with van der Waals surface area (Å²) < 4.78 is 26.8. The van der Waals surface area contributed by atoms with E-state index in [0.717, 1.165) is 80.8 Å². The van der Waals surface area contributed by atoms with Gasteiger partial charge in [0.25, 0.3) is 5.91 Å². The Morgan fingerprint density at radius 2 is 1.56 bits per heavy atom. The van der Waals surface area contributed by atoms with Crippen LogP contribution in [0.4, 0.5) is 5.69 Å². The lowest BCUT2D eigenvalue weighted by Crippen LogP contribution is -2.49. The number of amides is 2. The van der Waals surface area contributed by atoms with Crippen LogP contribution in [0.25, 0.3) is 0 Å². The summed E-state index contributed by atoms with van der Waals surface area (Å²) in [6, 6.07) is 29.3. The van der Waals surface area contributed by atoms with Gasteiger partial charge in [0.2, 0.25) is 5.91 Å². The number of fused-ring (bicyclic) bond motifs is 2. The summed E-state index contributed by atoms with van der Waals surface area (Å²) in [5.41, 5.74) is 8.19. The predicted molar refractivity (Wildman–Crippen MR) is 215 cm³/mol. The molecule has 0 aromatic heterocycles. The minimum atomic E-state index is -3.41. The van der Waals surface area contributed by atoms with E-state index in [9.17, 15) is 23.1 Å². The topological polar surface area (TPSA) is 110 Å². The Kier molecular flexibility index (Phi) is 10.5. The number of nitrogens with one attached hydrogen (secondary N) is 1. The van der Waals surface area contributed by atoms with Crippen molar-refractivity contribution in [2.24, 2.45) is 0 Å². The predicted octanol–water partition coefficient (Wildman–Crippen LogP) is 6.77. The molecule has 2 saturated heterocycles. The third kappa shape index (κ3) is 7.80. The van der Waals surface area contributed by atoms with Crippen molar-refractivity contribution in [3.63, 3.8) is 0 Å². The van der Waals surface area contributed by atoms with Crippen molar-refractivity contribution >= 4 is 27.3 Å². The standard InChI is InChI=1S/C45H50N4O5S/c1-31-10-21-42(44(51)46-31)49-30-35-28-36(14-19-41(35)45(49)52)48-25-23-47(24-26-48)22-6-3-7-27-55(53,54)38-16-11-33(12-17-38)43-39(32-8-4-2-5-9-32)18-13-34-29-37(50)15-20-40(34)43/h2,4-5,8-9,11-12,14-17,19-20,28-29,39,42-43,50H,1,3,6-7,10,13,18,21-27,30H2,(H,46,51)/t39-,42?,43+/m1/s1. The summed E-state index contributed by atoms with van der Waals surface area (Å²) in [6.07, 6.45) is 5.56. The molecule has 0 radical (unpaired) electrons. The lowest BCUT2D eigenvalue weighted by atomic mass is 9.69. The molecule has 3 aliphatic heterocycles. The van der Waals surface area contributed by atoms with Crippen LogP contribution < -0.4 is 10.2 Å². The smallest absolute Gasteiger partial charge is 0.255 e. The van der Waals surface area contributed by atoms with Crippen molar-refractivity contribution in [1.82, 2.24) is 15.1 Å². The molecule has 0 bridgehead atoms. The maximum atomic E-state index is 13.4. The van der Waals surface area contributed by atoms with Gasteiger partial charge in [0.1, 0.15) is 11.8 Å². The summed E-state index contributed by atoms with van der Waals surface area (Å²) in [4.78, 5) is 32.6. The minimum absolute atomic E-state index is 0.0776. The average molecular weight is 759 g/mol. The van der Waals surface area contributed by atoms with Crippen molar-refractivity contribution in [1.29, 1.82) is 0 Å². The molecular formula is C45H50N4O5S. The molecule has 9 nitrogen and oxygen atoms in total. The molecule has 10 heteroatoms. The van der Waals surface area contributed by atoms with Gasteiger partial charge >= 0.3 is 0 Å². The Labute approximate surface area is 324 Å². The Morgan fingerprint density at radius 1 is 0.782 bits per heavy atom. The van der Waals surface area contributed by atoms with Gasteiger partial charge in [0.05, 0.1) is 10.6 Å². The van der Waals surface area contributed by atoms with Crippen LogP contribution in [0.5, 0.6) is 5.75 Å². The molecule has 1 unspecified atom stereocenters. The van der Waals surface area contributed by atoms with E-state index in [1.54, 1.807) is 23.1 Å². The second kappa shape index (κ2) is 15.7. The van der Waals surface area contributed by atoms with Crippen molar-refractivity contribution in [3.8, 4) is 5.75 Å². The molecule has 55 heavy (non-hydrogen) atoms. The highest BCUT2D eigenvalue weighted by atomic mass is 32.2. The highest BCUT2D eigenvalue weighted by Gasteiger charge is 2.38. The Morgan fingerprint density at radius 3 is 2.33 bits per heavy atom. The summed E-state index contributed by atoms with van der Waals surface area (Å²) in [5.74, 6) is 0.530. The monoisotopic (exact) mass is 758 g/mol. The number of phenolic OH excluding ortho intramolecular Hbond substituents is 1. The van der Waals surface area contributed by atoms with Gasteiger partial charge < -0.3 is 20.2 Å². The number of piperazine rings is 1. The van der Waals surface area contributed by atoms with Gasteiger partial charge in [0, 0.05) is 55.6 Å². The van der Waals surface area contributed by atoms with E-state index in [1.807, 2.05) is 42.5 Å². The van der Waals surface area contributed by atoms with E-state index in [0.29, 0.717) is 42.0 Å². The number of benzene rings is 4. The van der Waals surface area contributed by atoms with E-state index in [4.69, 9.17) is 0 Å². The molecular weight excluding hydrogens is 709 g/mol. The number of nitrogens with zero attached hydrogens (tertiary/aromatic N) is 3. The first-order valence-electron chi connectivity index (χ1n) is 19.7. The van der Waals surface area contributed by atoms with Crippen molar-refractivity contribution < 1.29 is 23.1 Å². The van der Waals surface area contributed by atoms with Gasteiger partial charge in [-0.05, 0) is 121 Å². The van der Waals surface area contributed by atoms with Crippen LogP contribution >= 0.6 is 0 Å². The first kappa shape index (κ1) is 37.0. The number of sulfone groups is 1. The highest BCUT2D eigenvalue weighted by molar-refractivity contribution is 7.91. The zero-order chi connectivity index (χ0) is 38.1. The highest BCUT2D eigenvalue weighted by Crippen LogP contribution is 2.47. The number of allylic oxidation sites excluding steroid dienone is 1. The Bertz CT molecular complexity index is 2180. The maximum absolute atomic E-state index is 13.4. The molecule has 4 aromatic carbocycles. The number of hydrogen-bond donors (Lipinski definition) is 2. The number of carbonyl (C=O) groups is 2.